The van der Waals surface area contributed by atoms with Gasteiger partial charge in [0.2, 0.25) is 6.79 Å². The van der Waals surface area contributed by atoms with Crippen molar-refractivity contribution < 1.29 is 19.0 Å². The van der Waals surface area contributed by atoms with Gasteiger partial charge in [0, 0.05) is 17.2 Å². The van der Waals surface area contributed by atoms with Crippen molar-refractivity contribution in [3.63, 3.8) is 0 Å². The van der Waals surface area contributed by atoms with Gasteiger partial charge in [-0.05, 0) is 18.2 Å². The molecule has 0 bridgehead atoms. The number of thioether (sulfide) groups is 1. The lowest BCUT2D eigenvalue weighted by Crippen LogP contribution is -2.15. The van der Waals surface area contributed by atoms with Crippen LogP contribution < -0.4 is 10.6 Å². The van der Waals surface area contributed by atoms with E-state index in [1.54, 1.807) is 18.3 Å². The number of hydrogen-bond acceptors (Lipinski definition) is 6. The Bertz CT molecular complexity index is 650. The molecule has 0 aliphatic carbocycles. The molecule has 1 fully saturated rings. The van der Waals surface area contributed by atoms with Gasteiger partial charge in [0.1, 0.15) is 0 Å². The monoisotopic (exact) mass is 304 g/mol. The summed E-state index contributed by atoms with van der Waals surface area (Å²) >= 11 is 1.43. The van der Waals surface area contributed by atoms with Crippen LogP contribution in [0.5, 0.6) is 0 Å². The van der Waals surface area contributed by atoms with Crippen LogP contribution >= 0.6 is 11.8 Å². The summed E-state index contributed by atoms with van der Waals surface area (Å²) in [5.74, 6) is 0.261. The number of carbonyl (C=O) groups excluding carboxylic acids is 1. The predicted octanol–water partition coefficient (Wildman–Crippen LogP) is 3.18. The summed E-state index contributed by atoms with van der Waals surface area (Å²) < 4.78 is 5.08. The first-order valence-corrected chi connectivity index (χ1v) is 6.97. The standard InChI is InChI=1S/C13H10N2O2S.CH2O2/c16-13(15-12-6-3-7-17-12)11-8-14-9-4-1-2-5-10(9)18-11;1-2-3-1/h1-8,14H,(H,15,16);1H2. The average Bonchev–Trinajstić information content (AvgIpc) is 3.33. The van der Waals surface area contributed by atoms with Crippen LogP contribution in [0.1, 0.15) is 0 Å². The Hall–Kier alpha value is -2.22. The number of para-hydroxylation sites is 1. The van der Waals surface area contributed by atoms with Crippen LogP contribution in [0.2, 0.25) is 0 Å². The molecule has 1 aromatic carbocycles. The minimum atomic E-state index is -0.183. The SMILES string of the molecule is C1OO1.O=C(Nc1ccco1)C1=CNc2ccccc2S1. The molecule has 2 aliphatic heterocycles. The first-order chi connectivity index (χ1) is 10.3. The van der Waals surface area contributed by atoms with Gasteiger partial charge in [-0.15, -0.1) is 0 Å². The zero-order chi connectivity index (χ0) is 14.5. The molecule has 1 saturated heterocycles. The van der Waals surface area contributed by atoms with Crippen molar-refractivity contribution in [3.8, 4) is 0 Å². The summed E-state index contributed by atoms with van der Waals surface area (Å²) in [5.41, 5.74) is 1.01. The number of rotatable bonds is 2. The molecule has 2 N–H and O–H groups in total. The largest absolute Gasteiger partial charge is 0.449 e. The number of amides is 1. The third-order valence-electron chi connectivity index (χ3n) is 2.57. The molecule has 6 nitrogen and oxygen atoms in total. The molecule has 3 heterocycles. The van der Waals surface area contributed by atoms with E-state index in [2.05, 4.69) is 20.4 Å². The number of benzene rings is 1. The molecule has 0 saturated carbocycles. The van der Waals surface area contributed by atoms with Crippen LogP contribution in [-0.2, 0) is 14.6 Å². The van der Waals surface area contributed by atoms with Crippen molar-refractivity contribution in [2.45, 2.75) is 4.90 Å². The van der Waals surface area contributed by atoms with E-state index in [1.807, 2.05) is 24.3 Å². The molecule has 21 heavy (non-hydrogen) atoms. The van der Waals surface area contributed by atoms with Gasteiger partial charge in [0.15, 0.2) is 5.88 Å². The summed E-state index contributed by atoms with van der Waals surface area (Å²) in [6, 6.07) is 11.3. The van der Waals surface area contributed by atoms with Gasteiger partial charge < -0.3 is 9.73 Å². The van der Waals surface area contributed by atoms with E-state index in [0.29, 0.717) is 17.6 Å². The predicted molar refractivity (Wildman–Crippen MR) is 78.4 cm³/mol. The number of carbonyl (C=O) groups is 1. The smallest absolute Gasteiger partial charge is 0.266 e. The highest BCUT2D eigenvalue weighted by molar-refractivity contribution is 8.04. The van der Waals surface area contributed by atoms with Gasteiger partial charge in [-0.2, -0.15) is 0 Å². The first-order valence-electron chi connectivity index (χ1n) is 6.16. The van der Waals surface area contributed by atoms with Crippen LogP contribution in [0.15, 0.2) is 63.1 Å². The Morgan fingerprint density at radius 3 is 2.71 bits per heavy atom. The number of anilines is 2. The topological polar surface area (TPSA) is 79.3 Å². The fourth-order valence-electron chi connectivity index (χ4n) is 1.60. The van der Waals surface area contributed by atoms with E-state index in [-0.39, 0.29) is 5.91 Å². The molecule has 2 aliphatic rings. The second kappa shape index (κ2) is 6.49. The zero-order valence-corrected chi connectivity index (χ0v) is 11.7. The van der Waals surface area contributed by atoms with Crippen LogP contribution in [0.3, 0.4) is 0 Å². The highest BCUT2D eigenvalue weighted by Gasteiger charge is 2.17. The lowest BCUT2D eigenvalue weighted by Gasteiger charge is -2.16. The Kier molecular flexibility index (Phi) is 4.25. The van der Waals surface area contributed by atoms with Gasteiger partial charge >= 0.3 is 0 Å². The van der Waals surface area contributed by atoms with Crippen LogP contribution in [0.25, 0.3) is 0 Å². The summed E-state index contributed by atoms with van der Waals surface area (Å²) in [6.45, 7) is 0.500. The highest BCUT2D eigenvalue weighted by Crippen LogP contribution is 2.36. The molecule has 0 spiro atoms. The maximum absolute atomic E-state index is 12.0. The van der Waals surface area contributed by atoms with Crippen molar-refractivity contribution in [1.82, 2.24) is 0 Å². The van der Waals surface area contributed by atoms with Crippen LogP contribution in [-0.4, -0.2) is 12.7 Å². The van der Waals surface area contributed by atoms with Crippen molar-refractivity contribution in [1.29, 1.82) is 0 Å². The molecule has 108 valence electrons. The molecule has 1 aromatic heterocycles. The lowest BCUT2D eigenvalue weighted by molar-refractivity contribution is -0.112. The molecule has 2 aromatic rings. The van der Waals surface area contributed by atoms with Gasteiger partial charge in [-0.25, -0.2) is 9.78 Å². The number of furan rings is 1. The van der Waals surface area contributed by atoms with Gasteiger partial charge in [-0.3, -0.25) is 10.1 Å². The minimum absolute atomic E-state index is 0.183. The Balaban J connectivity index is 0.000000393. The van der Waals surface area contributed by atoms with Crippen molar-refractivity contribution in [2.75, 3.05) is 17.4 Å². The number of hydrogen-bond donors (Lipinski definition) is 2. The van der Waals surface area contributed by atoms with E-state index >= 15 is 0 Å². The molecular weight excluding hydrogens is 292 g/mol. The third kappa shape index (κ3) is 3.88. The molecule has 0 unspecified atom stereocenters. The summed E-state index contributed by atoms with van der Waals surface area (Å²) in [6.07, 6.45) is 3.22. The van der Waals surface area contributed by atoms with E-state index in [4.69, 9.17) is 4.42 Å². The molecular formula is C14H12N2O4S. The maximum Gasteiger partial charge on any atom is 0.266 e. The number of nitrogens with one attached hydrogen (secondary N) is 2. The molecule has 1 amide bonds. The highest BCUT2D eigenvalue weighted by atomic mass is 32.2. The van der Waals surface area contributed by atoms with Gasteiger partial charge in [-0.1, -0.05) is 23.9 Å². The second-order valence-corrected chi connectivity index (χ2v) is 5.12. The van der Waals surface area contributed by atoms with Gasteiger partial charge in [0.25, 0.3) is 5.91 Å². The zero-order valence-electron chi connectivity index (χ0n) is 10.9. The van der Waals surface area contributed by atoms with E-state index < -0.39 is 0 Å². The van der Waals surface area contributed by atoms with Crippen molar-refractivity contribution in [3.05, 3.63) is 53.8 Å². The molecule has 7 heteroatoms. The fraction of sp³-hybridized carbons (Fsp3) is 0.0714. The average molecular weight is 304 g/mol. The Morgan fingerprint density at radius 1 is 1.19 bits per heavy atom. The number of fused-ring (bicyclic) bond motifs is 1. The third-order valence-corrected chi connectivity index (χ3v) is 3.66. The maximum atomic E-state index is 12.0. The van der Waals surface area contributed by atoms with Crippen molar-refractivity contribution in [2.24, 2.45) is 0 Å². The summed E-state index contributed by atoms with van der Waals surface area (Å²) in [5, 5.41) is 5.79. The molecule has 0 radical (unpaired) electrons. The minimum Gasteiger partial charge on any atom is -0.449 e. The van der Waals surface area contributed by atoms with Crippen molar-refractivity contribution >= 4 is 29.2 Å². The van der Waals surface area contributed by atoms with Crippen LogP contribution in [0, 0.1) is 0 Å². The summed E-state index contributed by atoms with van der Waals surface area (Å²) in [7, 11) is 0. The normalized spacial score (nSPS) is 14.8. The van der Waals surface area contributed by atoms with E-state index in [9.17, 15) is 4.79 Å². The Labute approximate surface area is 125 Å². The Morgan fingerprint density at radius 2 is 2.00 bits per heavy atom. The lowest BCUT2D eigenvalue weighted by atomic mass is 10.3. The fourth-order valence-corrected chi connectivity index (χ4v) is 2.48. The van der Waals surface area contributed by atoms with E-state index in [1.165, 1.54) is 18.0 Å². The van der Waals surface area contributed by atoms with E-state index in [0.717, 1.165) is 10.6 Å². The van der Waals surface area contributed by atoms with Crippen LogP contribution in [0.4, 0.5) is 11.6 Å². The second-order valence-electron chi connectivity index (χ2n) is 4.04. The molecule has 0 atom stereocenters. The quantitative estimate of drug-likeness (QED) is 0.655. The molecule has 4 rings (SSSR count). The summed E-state index contributed by atoms with van der Waals surface area (Å²) in [4.78, 5) is 21.6. The van der Waals surface area contributed by atoms with Gasteiger partial charge in [0.05, 0.1) is 16.9 Å². The first kappa shape index (κ1) is 13.7.